The first-order chi connectivity index (χ1) is 13.2. The highest BCUT2D eigenvalue weighted by Crippen LogP contribution is 2.26. The van der Waals surface area contributed by atoms with E-state index in [-0.39, 0.29) is 0 Å². The normalized spacial score (nSPS) is 15.8. The molecule has 0 unspecified atom stereocenters. The highest BCUT2D eigenvalue weighted by Gasteiger charge is 2.17. The molecule has 1 N–H and O–H groups in total. The molecule has 27 heavy (non-hydrogen) atoms. The van der Waals surface area contributed by atoms with Crippen molar-refractivity contribution in [1.82, 2.24) is 9.88 Å². The van der Waals surface area contributed by atoms with Crippen molar-refractivity contribution in [3.63, 3.8) is 0 Å². The number of pyridine rings is 1. The highest BCUT2D eigenvalue weighted by molar-refractivity contribution is 6.31. The Balaban J connectivity index is 1.21. The number of anilines is 1. The zero-order chi connectivity index (χ0) is 18.6. The summed E-state index contributed by atoms with van der Waals surface area (Å²) >= 11 is 6.29. The van der Waals surface area contributed by atoms with E-state index in [1.165, 1.54) is 11.1 Å². The van der Waals surface area contributed by atoms with E-state index in [1.54, 1.807) is 0 Å². The third kappa shape index (κ3) is 4.34. The van der Waals surface area contributed by atoms with Crippen LogP contribution in [0.1, 0.15) is 29.5 Å². The molecular weight excluding hydrogens is 358 g/mol. The molecule has 4 nitrogen and oxygen atoms in total. The van der Waals surface area contributed by atoms with Crippen LogP contribution in [0.15, 0.2) is 48.7 Å². The Kier molecular flexibility index (Phi) is 5.46. The largest absolute Gasteiger partial charge is 0.478 e. The van der Waals surface area contributed by atoms with Gasteiger partial charge >= 0.3 is 0 Å². The fraction of sp³-hybridized carbons (Fsp3) is 0.318. The summed E-state index contributed by atoms with van der Waals surface area (Å²) in [5.74, 6) is 1.47. The van der Waals surface area contributed by atoms with Gasteiger partial charge in [-0.25, -0.2) is 0 Å². The minimum absolute atomic E-state index is 0.658. The number of ether oxygens (including phenoxy) is 1. The average molecular weight is 382 g/mol. The Morgan fingerprint density at radius 1 is 1.19 bits per heavy atom. The predicted octanol–water partition coefficient (Wildman–Crippen LogP) is 4.90. The molecule has 140 valence electrons. The number of nitrogens with one attached hydrogen (secondary N) is 1. The average Bonchev–Trinajstić information content (AvgIpc) is 2.67. The summed E-state index contributed by atoms with van der Waals surface area (Å²) in [6.45, 7) is 7.73. The number of benzene rings is 1. The lowest BCUT2D eigenvalue weighted by molar-refractivity contribution is 0.233. The zero-order valence-corrected chi connectivity index (χ0v) is 16.1. The summed E-state index contributed by atoms with van der Waals surface area (Å²) < 4.78 is 5.83. The zero-order valence-electron chi connectivity index (χ0n) is 15.4. The Labute approximate surface area is 165 Å². The van der Waals surface area contributed by atoms with E-state index in [1.807, 2.05) is 36.4 Å². The minimum atomic E-state index is 0.658. The van der Waals surface area contributed by atoms with Crippen molar-refractivity contribution < 1.29 is 4.74 Å². The van der Waals surface area contributed by atoms with Crippen LogP contribution in [-0.4, -0.2) is 29.6 Å². The van der Waals surface area contributed by atoms with Crippen molar-refractivity contribution in [2.75, 3.05) is 25.0 Å². The number of allylic oxidation sites excluding steroid dienone is 1. The number of aromatic nitrogens is 1. The van der Waals surface area contributed by atoms with Crippen molar-refractivity contribution in [2.24, 2.45) is 0 Å². The first-order valence-electron chi connectivity index (χ1n) is 9.45. The summed E-state index contributed by atoms with van der Waals surface area (Å²) in [5, 5.41) is 4.08. The second-order valence-corrected chi connectivity index (χ2v) is 7.44. The third-order valence-electron chi connectivity index (χ3n) is 5.05. The summed E-state index contributed by atoms with van der Waals surface area (Å²) in [6.07, 6.45) is 7.11. The molecule has 2 aromatic rings. The maximum atomic E-state index is 6.29. The van der Waals surface area contributed by atoms with E-state index >= 15 is 0 Å². The highest BCUT2D eigenvalue weighted by atomic mass is 35.5. The van der Waals surface area contributed by atoms with E-state index in [0.717, 1.165) is 61.0 Å². The fourth-order valence-electron chi connectivity index (χ4n) is 3.58. The van der Waals surface area contributed by atoms with Crippen molar-refractivity contribution in [3.8, 4) is 5.88 Å². The fourth-order valence-corrected chi connectivity index (χ4v) is 3.87. The molecule has 0 fully saturated rings. The van der Waals surface area contributed by atoms with Crippen LogP contribution >= 0.6 is 11.6 Å². The lowest BCUT2D eigenvalue weighted by Gasteiger charge is -2.29. The molecule has 0 amide bonds. The molecule has 1 aromatic heterocycles. The van der Waals surface area contributed by atoms with Crippen LogP contribution in [0.3, 0.4) is 0 Å². The molecular formula is C22H24ClN3O. The number of nitrogens with zero attached hydrogens (tertiary/aromatic N) is 2. The van der Waals surface area contributed by atoms with Crippen molar-refractivity contribution in [1.29, 1.82) is 0 Å². The topological polar surface area (TPSA) is 37.4 Å². The van der Waals surface area contributed by atoms with Gasteiger partial charge in [0.1, 0.15) is 5.82 Å². The summed E-state index contributed by atoms with van der Waals surface area (Å²) in [7, 11) is 0. The Bertz CT molecular complexity index is 878. The Hall–Kier alpha value is -2.30. The lowest BCUT2D eigenvalue weighted by Crippen LogP contribution is -2.31. The van der Waals surface area contributed by atoms with Crippen LogP contribution in [0, 0.1) is 0 Å². The SMILES string of the molecule is C=C1C=Cc2ccc(OCCCCN3CCc4c(Cl)cccc4C3)nc2N1. The molecule has 0 saturated heterocycles. The van der Waals surface area contributed by atoms with Crippen LogP contribution in [-0.2, 0) is 13.0 Å². The van der Waals surface area contributed by atoms with Crippen LogP contribution in [0.5, 0.6) is 5.88 Å². The van der Waals surface area contributed by atoms with Crippen molar-refractivity contribution in [3.05, 3.63) is 70.4 Å². The maximum Gasteiger partial charge on any atom is 0.215 e. The number of fused-ring (bicyclic) bond motifs is 2. The third-order valence-corrected chi connectivity index (χ3v) is 5.40. The second-order valence-electron chi connectivity index (χ2n) is 7.03. The van der Waals surface area contributed by atoms with E-state index in [9.17, 15) is 0 Å². The number of rotatable bonds is 6. The van der Waals surface area contributed by atoms with Crippen molar-refractivity contribution >= 4 is 23.5 Å². The van der Waals surface area contributed by atoms with Crippen LogP contribution in [0.2, 0.25) is 5.02 Å². The van der Waals surface area contributed by atoms with Gasteiger partial charge in [0, 0.05) is 35.4 Å². The van der Waals surface area contributed by atoms with Gasteiger partial charge in [0.05, 0.1) is 6.61 Å². The van der Waals surface area contributed by atoms with Crippen LogP contribution < -0.4 is 10.1 Å². The lowest BCUT2D eigenvalue weighted by atomic mass is 9.99. The van der Waals surface area contributed by atoms with E-state index in [0.29, 0.717) is 12.5 Å². The van der Waals surface area contributed by atoms with Gasteiger partial charge in [-0.2, -0.15) is 4.98 Å². The number of hydrogen-bond donors (Lipinski definition) is 1. The van der Waals surface area contributed by atoms with Gasteiger partial charge < -0.3 is 10.1 Å². The van der Waals surface area contributed by atoms with E-state index in [2.05, 4.69) is 27.8 Å². The predicted molar refractivity (Wildman–Crippen MR) is 111 cm³/mol. The molecule has 0 spiro atoms. The smallest absolute Gasteiger partial charge is 0.215 e. The molecule has 0 saturated carbocycles. The minimum Gasteiger partial charge on any atom is -0.478 e. The maximum absolute atomic E-state index is 6.29. The summed E-state index contributed by atoms with van der Waals surface area (Å²) in [5.41, 5.74) is 4.59. The van der Waals surface area contributed by atoms with Gasteiger partial charge in [0.2, 0.25) is 5.88 Å². The molecule has 5 heteroatoms. The first kappa shape index (κ1) is 18.1. The van der Waals surface area contributed by atoms with Crippen LogP contribution in [0.4, 0.5) is 5.82 Å². The molecule has 2 aliphatic heterocycles. The molecule has 4 rings (SSSR count). The Morgan fingerprint density at radius 2 is 2.11 bits per heavy atom. The first-order valence-corrected chi connectivity index (χ1v) is 9.83. The van der Waals surface area contributed by atoms with Gasteiger partial charge in [0.15, 0.2) is 0 Å². The molecule has 0 atom stereocenters. The van der Waals surface area contributed by atoms with Gasteiger partial charge in [-0.15, -0.1) is 0 Å². The van der Waals surface area contributed by atoms with Gasteiger partial charge in [-0.3, -0.25) is 4.90 Å². The number of unbranched alkanes of at least 4 members (excludes halogenated alkanes) is 1. The molecule has 2 aliphatic rings. The number of hydrogen-bond acceptors (Lipinski definition) is 4. The standard InChI is InChI=1S/C22H24ClN3O/c1-16-7-8-17-9-10-21(25-22(17)24-16)27-14-3-2-12-26-13-11-19-18(15-26)5-4-6-20(19)23/h4-10H,1-3,11-15H2,(H,24,25). The van der Waals surface area contributed by atoms with Crippen molar-refractivity contribution in [2.45, 2.75) is 25.8 Å². The molecule has 3 heterocycles. The van der Waals surface area contributed by atoms with Gasteiger partial charge in [0.25, 0.3) is 0 Å². The molecule has 0 aliphatic carbocycles. The second kappa shape index (κ2) is 8.15. The summed E-state index contributed by atoms with van der Waals surface area (Å²) in [6, 6.07) is 10.2. The monoisotopic (exact) mass is 381 g/mol. The van der Waals surface area contributed by atoms with E-state index < -0.39 is 0 Å². The van der Waals surface area contributed by atoms with E-state index in [4.69, 9.17) is 16.3 Å². The number of halogens is 1. The van der Waals surface area contributed by atoms with Gasteiger partial charge in [-0.05, 0) is 61.2 Å². The Morgan fingerprint density at radius 3 is 3.04 bits per heavy atom. The summed E-state index contributed by atoms with van der Waals surface area (Å²) in [4.78, 5) is 7.01. The molecule has 0 bridgehead atoms. The van der Waals surface area contributed by atoms with Crippen LogP contribution in [0.25, 0.3) is 6.08 Å². The molecule has 0 radical (unpaired) electrons. The molecule has 1 aromatic carbocycles. The van der Waals surface area contributed by atoms with Gasteiger partial charge in [-0.1, -0.05) is 30.3 Å². The quantitative estimate of drug-likeness (QED) is 0.722.